The summed E-state index contributed by atoms with van der Waals surface area (Å²) >= 11 is 1.38. The predicted molar refractivity (Wildman–Crippen MR) is 92.0 cm³/mol. The van der Waals surface area contributed by atoms with E-state index in [0.717, 1.165) is 11.4 Å². The number of hydrogen-bond acceptors (Lipinski definition) is 5. The standard InChI is InChI=1S/C15H18N2O4S2/c1-3-14(18)16-15-17(10-4-6-11(21-2)7-5-10)12-8-23(19,20)9-13(12)22-15/h4-7,12-13H,3,8-9H2,1-2H3/t12-,13+/m0/s1. The third-order valence-corrected chi connectivity index (χ3v) is 7.15. The maximum atomic E-state index is 11.9. The Morgan fingerprint density at radius 2 is 2.04 bits per heavy atom. The Bertz CT molecular complexity index is 743. The van der Waals surface area contributed by atoms with Crippen molar-refractivity contribution in [1.29, 1.82) is 0 Å². The number of amidine groups is 1. The highest BCUT2D eigenvalue weighted by Crippen LogP contribution is 2.41. The van der Waals surface area contributed by atoms with Gasteiger partial charge in [-0.15, -0.1) is 0 Å². The van der Waals surface area contributed by atoms with Crippen LogP contribution < -0.4 is 9.64 Å². The maximum absolute atomic E-state index is 11.9. The van der Waals surface area contributed by atoms with Crippen molar-refractivity contribution >= 4 is 38.4 Å². The van der Waals surface area contributed by atoms with Crippen LogP contribution in [0.3, 0.4) is 0 Å². The van der Waals surface area contributed by atoms with E-state index in [-0.39, 0.29) is 28.7 Å². The predicted octanol–water partition coefficient (Wildman–Crippen LogP) is 1.71. The first-order valence-electron chi connectivity index (χ1n) is 7.35. The van der Waals surface area contributed by atoms with E-state index in [1.54, 1.807) is 14.0 Å². The molecule has 3 rings (SSSR count). The number of sulfone groups is 1. The lowest BCUT2D eigenvalue weighted by Gasteiger charge is -2.24. The lowest BCUT2D eigenvalue weighted by atomic mass is 10.2. The summed E-state index contributed by atoms with van der Waals surface area (Å²) in [6, 6.07) is 7.17. The molecule has 2 aliphatic heterocycles. The Morgan fingerprint density at radius 1 is 1.35 bits per heavy atom. The summed E-state index contributed by atoms with van der Waals surface area (Å²) in [6.45, 7) is 1.76. The second-order valence-electron chi connectivity index (χ2n) is 5.51. The molecule has 2 aliphatic rings. The summed E-state index contributed by atoms with van der Waals surface area (Å²) in [5.74, 6) is 0.748. The Hall–Kier alpha value is -1.54. The fourth-order valence-electron chi connectivity index (χ4n) is 2.79. The number of carbonyl (C=O) groups is 1. The molecular formula is C15H18N2O4S2. The number of carbonyl (C=O) groups excluding carboxylic acids is 1. The first kappa shape index (κ1) is 16.3. The molecule has 0 radical (unpaired) electrons. The number of anilines is 1. The summed E-state index contributed by atoms with van der Waals surface area (Å²) in [4.78, 5) is 17.8. The summed E-state index contributed by atoms with van der Waals surface area (Å²) in [5, 5.41) is 0.512. The van der Waals surface area contributed by atoms with Gasteiger partial charge in [0.05, 0.1) is 24.7 Å². The quantitative estimate of drug-likeness (QED) is 0.822. The van der Waals surface area contributed by atoms with Crippen LogP contribution >= 0.6 is 11.8 Å². The van der Waals surface area contributed by atoms with E-state index < -0.39 is 9.84 Å². The van der Waals surface area contributed by atoms with E-state index in [9.17, 15) is 13.2 Å². The van der Waals surface area contributed by atoms with Crippen molar-refractivity contribution in [3.8, 4) is 5.75 Å². The van der Waals surface area contributed by atoms with Crippen molar-refractivity contribution in [1.82, 2.24) is 0 Å². The lowest BCUT2D eigenvalue weighted by Crippen LogP contribution is -2.37. The van der Waals surface area contributed by atoms with Crippen molar-refractivity contribution in [2.24, 2.45) is 4.99 Å². The van der Waals surface area contributed by atoms with Crippen molar-refractivity contribution < 1.29 is 17.9 Å². The molecule has 2 heterocycles. The normalized spacial score (nSPS) is 27.2. The van der Waals surface area contributed by atoms with E-state index in [0.29, 0.717) is 11.6 Å². The van der Waals surface area contributed by atoms with Gasteiger partial charge in [0.2, 0.25) is 5.91 Å². The van der Waals surface area contributed by atoms with Gasteiger partial charge in [-0.2, -0.15) is 4.99 Å². The van der Waals surface area contributed by atoms with Crippen LogP contribution in [0.15, 0.2) is 29.3 Å². The van der Waals surface area contributed by atoms with Gasteiger partial charge in [-0.25, -0.2) is 8.42 Å². The number of aliphatic imine (C=N–C) groups is 1. The van der Waals surface area contributed by atoms with E-state index >= 15 is 0 Å². The van der Waals surface area contributed by atoms with Gasteiger partial charge < -0.3 is 9.64 Å². The first-order chi connectivity index (χ1) is 10.9. The number of fused-ring (bicyclic) bond motifs is 1. The second kappa shape index (κ2) is 6.16. The van der Waals surface area contributed by atoms with Crippen LogP contribution in [-0.2, 0) is 14.6 Å². The molecule has 1 amide bonds. The van der Waals surface area contributed by atoms with Gasteiger partial charge in [-0.1, -0.05) is 18.7 Å². The molecule has 124 valence electrons. The van der Waals surface area contributed by atoms with Crippen LogP contribution in [0.25, 0.3) is 0 Å². The number of hydrogen-bond donors (Lipinski definition) is 0. The number of thioether (sulfide) groups is 1. The Labute approximate surface area is 139 Å². The van der Waals surface area contributed by atoms with E-state index in [1.807, 2.05) is 29.2 Å². The molecule has 2 atom stereocenters. The number of nitrogens with zero attached hydrogens (tertiary/aromatic N) is 2. The molecule has 0 spiro atoms. The van der Waals surface area contributed by atoms with E-state index in [2.05, 4.69) is 4.99 Å². The molecule has 23 heavy (non-hydrogen) atoms. The van der Waals surface area contributed by atoms with Gasteiger partial charge in [0.15, 0.2) is 15.0 Å². The first-order valence-corrected chi connectivity index (χ1v) is 10.1. The number of benzene rings is 1. The van der Waals surface area contributed by atoms with E-state index in [1.165, 1.54) is 11.8 Å². The summed E-state index contributed by atoms with van der Waals surface area (Å²) in [7, 11) is -1.45. The molecule has 0 aliphatic carbocycles. The minimum atomic E-state index is -3.04. The van der Waals surface area contributed by atoms with Crippen molar-refractivity contribution in [2.45, 2.75) is 24.6 Å². The number of ether oxygens (including phenoxy) is 1. The van der Waals surface area contributed by atoms with Crippen LogP contribution in [0.4, 0.5) is 5.69 Å². The van der Waals surface area contributed by atoms with E-state index in [4.69, 9.17) is 4.74 Å². The van der Waals surface area contributed by atoms with Crippen molar-refractivity contribution in [3.63, 3.8) is 0 Å². The monoisotopic (exact) mass is 354 g/mol. The summed E-state index contributed by atoms with van der Waals surface area (Å²) in [5.41, 5.74) is 0.825. The molecule has 0 unspecified atom stereocenters. The fraction of sp³-hybridized carbons (Fsp3) is 0.467. The summed E-state index contributed by atoms with van der Waals surface area (Å²) in [6.07, 6.45) is 0.328. The van der Waals surface area contributed by atoms with Crippen molar-refractivity contribution in [2.75, 3.05) is 23.5 Å². The molecule has 0 saturated carbocycles. The Kier molecular flexibility index (Phi) is 4.37. The molecule has 1 aromatic carbocycles. The van der Waals surface area contributed by atoms with Crippen LogP contribution in [0.5, 0.6) is 5.75 Å². The van der Waals surface area contributed by atoms with Gasteiger partial charge in [-0.05, 0) is 24.3 Å². The number of amides is 1. The minimum Gasteiger partial charge on any atom is -0.497 e. The highest BCUT2D eigenvalue weighted by Gasteiger charge is 2.49. The van der Waals surface area contributed by atoms with Gasteiger partial charge >= 0.3 is 0 Å². The van der Waals surface area contributed by atoms with Crippen LogP contribution in [0.2, 0.25) is 0 Å². The molecule has 6 nitrogen and oxygen atoms in total. The molecule has 8 heteroatoms. The molecular weight excluding hydrogens is 336 g/mol. The van der Waals surface area contributed by atoms with Crippen LogP contribution in [-0.4, -0.2) is 49.4 Å². The Balaban J connectivity index is 1.99. The van der Waals surface area contributed by atoms with Crippen LogP contribution in [0.1, 0.15) is 13.3 Å². The van der Waals surface area contributed by atoms with Crippen LogP contribution in [0, 0.1) is 0 Å². The average Bonchev–Trinajstić information content (AvgIpc) is 2.98. The SMILES string of the molecule is CCC(=O)N=C1S[C@@H]2CS(=O)(=O)C[C@@H]2N1c1ccc(OC)cc1. The highest BCUT2D eigenvalue weighted by atomic mass is 32.2. The Morgan fingerprint density at radius 3 is 2.65 bits per heavy atom. The topological polar surface area (TPSA) is 76.0 Å². The summed E-state index contributed by atoms with van der Waals surface area (Å²) < 4.78 is 29.0. The largest absolute Gasteiger partial charge is 0.497 e. The smallest absolute Gasteiger partial charge is 0.247 e. The number of rotatable bonds is 3. The van der Waals surface area contributed by atoms with Gasteiger partial charge in [0.1, 0.15) is 5.75 Å². The third kappa shape index (κ3) is 3.23. The second-order valence-corrected chi connectivity index (χ2v) is 8.87. The van der Waals surface area contributed by atoms with Gasteiger partial charge in [0, 0.05) is 17.4 Å². The zero-order valence-electron chi connectivity index (χ0n) is 12.9. The third-order valence-electron chi connectivity index (χ3n) is 3.94. The number of methoxy groups -OCH3 is 1. The lowest BCUT2D eigenvalue weighted by molar-refractivity contribution is -0.117. The van der Waals surface area contributed by atoms with Crippen molar-refractivity contribution in [3.05, 3.63) is 24.3 Å². The van der Waals surface area contributed by atoms with Gasteiger partial charge in [-0.3, -0.25) is 4.79 Å². The molecule has 0 N–H and O–H groups in total. The highest BCUT2D eigenvalue weighted by molar-refractivity contribution is 8.16. The molecule has 0 bridgehead atoms. The fourth-order valence-corrected chi connectivity index (χ4v) is 6.73. The molecule has 2 saturated heterocycles. The maximum Gasteiger partial charge on any atom is 0.247 e. The minimum absolute atomic E-state index is 0.0782. The zero-order chi connectivity index (χ0) is 16.6. The average molecular weight is 354 g/mol. The zero-order valence-corrected chi connectivity index (χ0v) is 14.6. The molecule has 1 aromatic rings. The molecule has 0 aromatic heterocycles. The van der Waals surface area contributed by atoms with Gasteiger partial charge in [0.25, 0.3) is 0 Å². The molecule has 2 fully saturated rings.